The Hall–Kier alpha value is -1.84. The van der Waals surface area contributed by atoms with E-state index in [1.165, 1.54) is 38.5 Å². The molecule has 30 heavy (non-hydrogen) atoms. The van der Waals surface area contributed by atoms with E-state index in [-0.39, 0.29) is 11.8 Å². The number of hydrogen-bond acceptors (Lipinski definition) is 2. The SMILES string of the molecule is CCCCC1CCN(C(=O)c2cccc(C(=O)N3CCC(CCCC)CC3)c2)CC1. The Morgan fingerprint density at radius 3 is 1.53 bits per heavy atom. The fraction of sp³-hybridized carbons (Fsp3) is 0.692. The van der Waals surface area contributed by atoms with Crippen molar-refractivity contribution < 1.29 is 9.59 Å². The number of benzene rings is 1. The lowest BCUT2D eigenvalue weighted by molar-refractivity contribution is 0.0684. The highest BCUT2D eigenvalue weighted by molar-refractivity contribution is 5.99. The summed E-state index contributed by atoms with van der Waals surface area (Å²) in [4.78, 5) is 30.0. The molecule has 0 saturated carbocycles. The van der Waals surface area contributed by atoms with E-state index in [1.54, 1.807) is 0 Å². The first-order chi connectivity index (χ1) is 14.6. The molecule has 4 heteroatoms. The van der Waals surface area contributed by atoms with Crippen molar-refractivity contribution in [3.63, 3.8) is 0 Å². The lowest BCUT2D eigenvalue weighted by Gasteiger charge is -2.33. The van der Waals surface area contributed by atoms with Crippen molar-refractivity contribution in [3.8, 4) is 0 Å². The first-order valence-electron chi connectivity index (χ1n) is 12.3. The van der Waals surface area contributed by atoms with Crippen LogP contribution in [0.2, 0.25) is 0 Å². The minimum Gasteiger partial charge on any atom is -0.339 e. The first-order valence-corrected chi connectivity index (χ1v) is 12.3. The van der Waals surface area contributed by atoms with E-state index >= 15 is 0 Å². The summed E-state index contributed by atoms with van der Waals surface area (Å²) in [7, 11) is 0. The summed E-state index contributed by atoms with van der Waals surface area (Å²) >= 11 is 0. The summed E-state index contributed by atoms with van der Waals surface area (Å²) in [5.74, 6) is 1.69. The van der Waals surface area contributed by atoms with Crippen LogP contribution < -0.4 is 0 Å². The molecule has 2 heterocycles. The lowest BCUT2D eigenvalue weighted by atomic mass is 9.91. The number of unbranched alkanes of at least 4 members (excludes halogenated alkanes) is 2. The van der Waals surface area contributed by atoms with E-state index in [9.17, 15) is 9.59 Å². The smallest absolute Gasteiger partial charge is 0.253 e. The summed E-state index contributed by atoms with van der Waals surface area (Å²) in [5, 5.41) is 0. The van der Waals surface area contributed by atoms with Crippen LogP contribution in [0.3, 0.4) is 0 Å². The quantitative estimate of drug-likeness (QED) is 0.544. The van der Waals surface area contributed by atoms with Gasteiger partial charge >= 0.3 is 0 Å². The minimum atomic E-state index is 0.0804. The van der Waals surface area contributed by atoms with Gasteiger partial charge in [-0.15, -0.1) is 0 Å². The number of rotatable bonds is 8. The predicted molar refractivity (Wildman–Crippen MR) is 123 cm³/mol. The number of amides is 2. The molecule has 2 saturated heterocycles. The van der Waals surface area contributed by atoms with E-state index in [1.807, 2.05) is 34.1 Å². The standard InChI is InChI=1S/C26H40N2O2/c1-3-5-8-21-12-16-27(17-13-21)25(29)23-10-7-11-24(20-23)26(30)28-18-14-22(15-19-28)9-6-4-2/h7,10-11,20-22H,3-6,8-9,12-19H2,1-2H3. The molecule has 0 unspecified atom stereocenters. The molecule has 0 atom stereocenters. The highest BCUT2D eigenvalue weighted by atomic mass is 16.2. The van der Waals surface area contributed by atoms with Gasteiger partial charge in [0, 0.05) is 37.3 Å². The van der Waals surface area contributed by atoms with Gasteiger partial charge in [0.2, 0.25) is 0 Å². The summed E-state index contributed by atoms with van der Waals surface area (Å²) in [6.07, 6.45) is 12.1. The van der Waals surface area contributed by atoms with Crippen LogP contribution in [-0.2, 0) is 0 Å². The highest BCUT2D eigenvalue weighted by Crippen LogP contribution is 2.25. The molecule has 2 aliphatic heterocycles. The lowest BCUT2D eigenvalue weighted by Crippen LogP contribution is -2.39. The molecular weight excluding hydrogens is 372 g/mol. The molecule has 4 nitrogen and oxygen atoms in total. The Bertz CT molecular complexity index is 631. The molecule has 1 aromatic rings. The number of hydrogen-bond donors (Lipinski definition) is 0. The molecule has 3 rings (SSSR count). The van der Waals surface area contributed by atoms with E-state index in [0.717, 1.165) is 63.7 Å². The second kappa shape index (κ2) is 11.5. The average molecular weight is 413 g/mol. The Morgan fingerprint density at radius 2 is 1.17 bits per heavy atom. The first kappa shape index (κ1) is 22.8. The van der Waals surface area contributed by atoms with Crippen molar-refractivity contribution in [2.24, 2.45) is 11.8 Å². The fourth-order valence-electron chi connectivity index (χ4n) is 4.99. The van der Waals surface area contributed by atoms with Crippen molar-refractivity contribution in [3.05, 3.63) is 35.4 Å². The maximum Gasteiger partial charge on any atom is 0.253 e. The second-order valence-corrected chi connectivity index (χ2v) is 9.34. The van der Waals surface area contributed by atoms with Crippen LogP contribution in [0.25, 0.3) is 0 Å². The van der Waals surface area contributed by atoms with Gasteiger partial charge in [-0.3, -0.25) is 9.59 Å². The van der Waals surface area contributed by atoms with Gasteiger partial charge in [0.25, 0.3) is 11.8 Å². The van der Waals surface area contributed by atoms with Gasteiger partial charge in [-0.1, -0.05) is 58.4 Å². The summed E-state index contributed by atoms with van der Waals surface area (Å²) < 4.78 is 0. The van der Waals surface area contributed by atoms with Crippen LogP contribution in [0.15, 0.2) is 24.3 Å². The van der Waals surface area contributed by atoms with Crippen molar-refractivity contribution in [1.82, 2.24) is 9.80 Å². The third-order valence-electron chi connectivity index (χ3n) is 7.09. The van der Waals surface area contributed by atoms with E-state index in [0.29, 0.717) is 11.1 Å². The molecule has 1 aromatic carbocycles. The Morgan fingerprint density at radius 1 is 0.767 bits per heavy atom. The zero-order valence-corrected chi connectivity index (χ0v) is 19.1. The van der Waals surface area contributed by atoms with E-state index < -0.39 is 0 Å². The van der Waals surface area contributed by atoms with Gasteiger partial charge < -0.3 is 9.80 Å². The summed E-state index contributed by atoms with van der Waals surface area (Å²) in [6.45, 7) is 7.85. The van der Waals surface area contributed by atoms with Crippen LogP contribution in [0.4, 0.5) is 0 Å². The minimum absolute atomic E-state index is 0.0804. The zero-order chi connectivity index (χ0) is 21.3. The third kappa shape index (κ3) is 6.09. The molecule has 2 fully saturated rings. The van der Waals surface area contributed by atoms with Crippen molar-refractivity contribution in [1.29, 1.82) is 0 Å². The molecule has 0 N–H and O–H groups in total. The zero-order valence-electron chi connectivity index (χ0n) is 19.1. The van der Waals surface area contributed by atoms with Gasteiger partial charge in [-0.05, 0) is 55.7 Å². The van der Waals surface area contributed by atoms with E-state index in [4.69, 9.17) is 0 Å². The highest BCUT2D eigenvalue weighted by Gasteiger charge is 2.26. The van der Waals surface area contributed by atoms with Crippen LogP contribution in [0.5, 0.6) is 0 Å². The van der Waals surface area contributed by atoms with Crippen molar-refractivity contribution >= 4 is 11.8 Å². The average Bonchev–Trinajstić information content (AvgIpc) is 2.81. The van der Waals surface area contributed by atoms with Crippen LogP contribution >= 0.6 is 0 Å². The maximum absolute atomic E-state index is 13.0. The van der Waals surface area contributed by atoms with Gasteiger partial charge in [-0.2, -0.15) is 0 Å². The molecule has 2 amide bonds. The predicted octanol–water partition coefficient (Wildman–Crippen LogP) is 5.77. The summed E-state index contributed by atoms with van der Waals surface area (Å²) in [6, 6.07) is 7.40. The number of nitrogens with zero attached hydrogens (tertiary/aromatic N) is 2. The van der Waals surface area contributed by atoms with Crippen LogP contribution in [0, 0.1) is 11.8 Å². The molecule has 0 spiro atoms. The van der Waals surface area contributed by atoms with E-state index in [2.05, 4.69) is 13.8 Å². The molecule has 0 aliphatic carbocycles. The Kier molecular flexibility index (Phi) is 8.77. The third-order valence-corrected chi connectivity index (χ3v) is 7.09. The van der Waals surface area contributed by atoms with Gasteiger partial charge in [0.05, 0.1) is 0 Å². The number of carbonyl (C=O) groups is 2. The molecule has 0 aromatic heterocycles. The fourth-order valence-corrected chi connectivity index (χ4v) is 4.99. The molecule has 2 aliphatic rings. The van der Waals surface area contributed by atoms with Crippen molar-refractivity contribution in [2.45, 2.75) is 78.1 Å². The second-order valence-electron chi connectivity index (χ2n) is 9.34. The molecule has 0 bridgehead atoms. The van der Waals surface area contributed by atoms with Crippen LogP contribution in [0.1, 0.15) is 98.8 Å². The number of piperidine rings is 2. The Balaban J connectivity index is 1.54. The molecule has 166 valence electrons. The van der Waals surface area contributed by atoms with Gasteiger partial charge in [0.15, 0.2) is 0 Å². The van der Waals surface area contributed by atoms with Crippen molar-refractivity contribution in [2.75, 3.05) is 26.2 Å². The number of likely N-dealkylation sites (tertiary alicyclic amines) is 2. The van der Waals surface area contributed by atoms with Crippen LogP contribution in [-0.4, -0.2) is 47.8 Å². The Labute approximate surface area is 183 Å². The topological polar surface area (TPSA) is 40.6 Å². The van der Waals surface area contributed by atoms with Gasteiger partial charge in [-0.25, -0.2) is 0 Å². The largest absolute Gasteiger partial charge is 0.339 e. The normalized spacial score (nSPS) is 18.6. The van der Waals surface area contributed by atoms with Gasteiger partial charge in [0.1, 0.15) is 0 Å². The summed E-state index contributed by atoms with van der Waals surface area (Å²) in [5.41, 5.74) is 1.32. The molecular formula is C26H40N2O2. The monoisotopic (exact) mass is 412 g/mol. The number of carbonyl (C=O) groups excluding carboxylic acids is 2. The molecule has 0 radical (unpaired) electrons. The maximum atomic E-state index is 13.0.